The van der Waals surface area contributed by atoms with Crippen LogP contribution in [-0.4, -0.2) is 34.1 Å². The Kier molecular flexibility index (Phi) is 6.20. The Morgan fingerprint density at radius 2 is 2.10 bits per heavy atom. The maximum absolute atomic E-state index is 9.84. The van der Waals surface area contributed by atoms with Crippen molar-refractivity contribution in [3.05, 3.63) is 52.8 Å². The molecule has 21 heavy (non-hydrogen) atoms. The quantitative estimate of drug-likeness (QED) is 0.780. The molecule has 0 fully saturated rings. The highest BCUT2D eigenvalue weighted by atomic mass is 35.5. The summed E-state index contributed by atoms with van der Waals surface area (Å²) in [7, 11) is 1.89. The maximum Gasteiger partial charge on any atom is 0.0897 e. The number of rotatable bonds is 8. The molecule has 1 atom stereocenters. The Bertz CT molecular complexity index is 542. The van der Waals surface area contributed by atoms with Crippen molar-refractivity contribution in [3.8, 4) is 0 Å². The first-order valence-electron chi connectivity index (χ1n) is 6.83. The van der Waals surface area contributed by atoms with Gasteiger partial charge in [0.2, 0.25) is 0 Å². The number of aryl methyl sites for hydroxylation is 1. The van der Waals surface area contributed by atoms with Crippen molar-refractivity contribution in [3.63, 3.8) is 0 Å². The largest absolute Gasteiger partial charge is 0.389 e. The molecule has 1 aromatic carbocycles. The number of nitrogens with zero attached hydrogens (tertiary/aromatic N) is 2. The first-order valence-corrected chi connectivity index (χ1v) is 7.21. The second-order valence-electron chi connectivity index (χ2n) is 4.87. The second-order valence-corrected chi connectivity index (χ2v) is 5.31. The molecule has 0 radical (unpaired) electrons. The highest BCUT2D eigenvalue weighted by molar-refractivity contribution is 6.30. The number of hydrogen-bond donors (Lipinski definition) is 2. The zero-order valence-electron chi connectivity index (χ0n) is 12.0. The predicted octanol–water partition coefficient (Wildman–Crippen LogP) is 1.74. The van der Waals surface area contributed by atoms with E-state index in [-0.39, 0.29) is 0 Å². The van der Waals surface area contributed by atoms with E-state index in [2.05, 4.69) is 10.4 Å². The van der Waals surface area contributed by atoms with Crippen LogP contribution in [0.15, 0.2) is 36.5 Å². The Balaban J connectivity index is 1.60. The van der Waals surface area contributed by atoms with Gasteiger partial charge < -0.3 is 15.2 Å². The molecule has 2 N–H and O–H groups in total. The second kappa shape index (κ2) is 8.14. The molecule has 0 aliphatic carbocycles. The summed E-state index contributed by atoms with van der Waals surface area (Å²) in [5.41, 5.74) is 2.11. The summed E-state index contributed by atoms with van der Waals surface area (Å²) in [5, 5.41) is 17.8. The lowest BCUT2D eigenvalue weighted by molar-refractivity contribution is 0.0287. The summed E-state index contributed by atoms with van der Waals surface area (Å²) >= 11 is 5.81. The fraction of sp³-hybridized carbons (Fsp3) is 0.400. The van der Waals surface area contributed by atoms with Crippen molar-refractivity contribution in [2.75, 3.05) is 13.2 Å². The Labute approximate surface area is 129 Å². The molecule has 0 aliphatic heterocycles. The third kappa shape index (κ3) is 5.47. The molecular formula is C15H20ClN3O2. The van der Waals surface area contributed by atoms with E-state index in [9.17, 15) is 5.11 Å². The third-order valence-electron chi connectivity index (χ3n) is 3.10. The number of aliphatic hydroxyl groups is 1. The van der Waals surface area contributed by atoms with Crippen molar-refractivity contribution in [2.24, 2.45) is 7.05 Å². The summed E-state index contributed by atoms with van der Waals surface area (Å²) in [6.07, 6.45) is 1.22. The van der Waals surface area contributed by atoms with E-state index in [4.69, 9.17) is 16.3 Å². The first-order chi connectivity index (χ1) is 10.1. The number of nitrogens with one attached hydrogen (secondary N) is 1. The highest BCUT2D eigenvalue weighted by Crippen LogP contribution is 2.10. The molecule has 1 unspecified atom stereocenters. The standard InChI is InChI=1S/C15H20ClN3O2/c1-19-14(6-7-18-19)8-17-9-15(20)11-21-10-12-2-4-13(16)5-3-12/h2-7,15,17,20H,8-11H2,1H3. The molecule has 0 bridgehead atoms. The predicted molar refractivity (Wildman–Crippen MR) is 82.0 cm³/mol. The van der Waals surface area contributed by atoms with Crippen LogP contribution in [0.5, 0.6) is 0 Å². The Morgan fingerprint density at radius 3 is 2.76 bits per heavy atom. The minimum Gasteiger partial charge on any atom is -0.389 e. The molecule has 0 saturated heterocycles. The van der Waals surface area contributed by atoms with Gasteiger partial charge in [0, 0.05) is 31.4 Å². The van der Waals surface area contributed by atoms with Gasteiger partial charge >= 0.3 is 0 Å². The van der Waals surface area contributed by atoms with E-state index in [0.29, 0.717) is 31.3 Å². The average molecular weight is 310 g/mol. The van der Waals surface area contributed by atoms with Gasteiger partial charge in [-0.3, -0.25) is 4.68 Å². The van der Waals surface area contributed by atoms with Crippen molar-refractivity contribution in [1.82, 2.24) is 15.1 Å². The Morgan fingerprint density at radius 1 is 1.33 bits per heavy atom. The zero-order chi connectivity index (χ0) is 15.1. The van der Waals surface area contributed by atoms with Gasteiger partial charge in [0.05, 0.1) is 25.0 Å². The first kappa shape index (κ1) is 16.0. The summed E-state index contributed by atoms with van der Waals surface area (Å²) in [5.74, 6) is 0. The summed E-state index contributed by atoms with van der Waals surface area (Å²) in [6, 6.07) is 9.42. The minimum atomic E-state index is -0.537. The average Bonchev–Trinajstić information content (AvgIpc) is 2.87. The molecule has 1 aromatic heterocycles. The van der Waals surface area contributed by atoms with E-state index in [0.717, 1.165) is 11.3 Å². The lowest BCUT2D eigenvalue weighted by Crippen LogP contribution is -2.30. The van der Waals surface area contributed by atoms with Gasteiger partial charge in [-0.1, -0.05) is 23.7 Å². The summed E-state index contributed by atoms with van der Waals surface area (Å²) in [6.45, 7) is 1.91. The number of halogens is 1. The summed E-state index contributed by atoms with van der Waals surface area (Å²) < 4.78 is 7.28. The molecule has 2 aromatic rings. The van der Waals surface area contributed by atoms with Crippen LogP contribution in [0.25, 0.3) is 0 Å². The van der Waals surface area contributed by atoms with Gasteiger partial charge in [0.1, 0.15) is 0 Å². The van der Waals surface area contributed by atoms with Gasteiger partial charge in [-0.2, -0.15) is 5.10 Å². The van der Waals surface area contributed by atoms with Gasteiger partial charge in [-0.25, -0.2) is 0 Å². The highest BCUT2D eigenvalue weighted by Gasteiger charge is 2.05. The number of benzene rings is 1. The normalized spacial score (nSPS) is 12.5. The van der Waals surface area contributed by atoms with Crippen LogP contribution < -0.4 is 5.32 Å². The van der Waals surface area contributed by atoms with E-state index in [1.54, 1.807) is 10.9 Å². The SMILES string of the molecule is Cn1nccc1CNCC(O)COCc1ccc(Cl)cc1. The molecule has 0 saturated carbocycles. The van der Waals surface area contributed by atoms with Crippen LogP contribution >= 0.6 is 11.6 Å². The van der Waals surface area contributed by atoms with E-state index >= 15 is 0 Å². The topological polar surface area (TPSA) is 59.3 Å². The van der Waals surface area contributed by atoms with Crippen molar-refractivity contribution >= 4 is 11.6 Å². The molecule has 0 amide bonds. The zero-order valence-corrected chi connectivity index (χ0v) is 12.8. The van der Waals surface area contributed by atoms with Gasteiger partial charge in [0.15, 0.2) is 0 Å². The van der Waals surface area contributed by atoms with Crippen LogP contribution in [0.1, 0.15) is 11.3 Å². The lowest BCUT2D eigenvalue weighted by atomic mass is 10.2. The molecule has 5 nitrogen and oxygen atoms in total. The molecule has 114 valence electrons. The molecular weight excluding hydrogens is 290 g/mol. The van der Waals surface area contributed by atoms with Crippen molar-refractivity contribution in [1.29, 1.82) is 0 Å². The fourth-order valence-corrected chi connectivity index (χ4v) is 2.02. The van der Waals surface area contributed by atoms with E-state index in [1.165, 1.54) is 0 Å². The van der Waals surface area contributed by atoms with Crippen molar-refractivity contribution in [2.45, 2.75) is 19.3 Å². The molecule has 0 aliphatic rings. The number of aliphatic hydroxyl groups excluding tert-OH is 1. The number of aromatic nitrogens is 2. The van der Waals surface area contributed by atoms with Crippen LogP contribution in [0.4, 0.5) is 0 Å². The van der Waals surface area contributed by atoms with Gasteiger partial charge in [0.25, 0.3) is 0 Å². The maximum atomic E-state index is 9.84. The molecule has 1 heterocycles. The third-order valence-corrected chi connectivity index (χ3v) is 3.35. The number of hydrogen-bond acceptors (Lipinski definition) is 4. The monoisotopic (exact) mass is 309 g/mol. The lowest BCUT2D eigenvalue weighted by Gasteiger charge is -2.12. The van der Waals surface area contributed by atoms with E-state index < -0.39 is 6.10 Å². The van der Waals surface area contributed by atoms with Crippen LogP contribution in [0, 0.1) is 0 Å². The van der Waals surface area contributed by atoms with Gasteiger partial charge in [-0.15, -0.1) is 0 Å². The van der Waals surface area contributed by atoms with E-state index in [1.807, 2.05) is 37.4 Å². The molecule has 2 rings (SSSR count). The van der Waals surface area contributed by atoms with Crippen LogP contribution in [0.2, 0.25) is 5.02 Å². The van der Waals surface area contributed by atoms with Gasteiger partial charge in [-0.05, 0) is 23.8 Å². The van der Waals surface area contributed by atoms with Crippen molar-refractivity contribution < 1.29 is 9.84 Å². The fourth-order valence-electron chi connectivity index (χ4n) is 1.89. The smallest absolute Gasteiger partial charge is 0.0897 e. The van der Waals surface area contributed by atoms with Crippen LogP contribution in [0.3, 0.4) is 0 Å². The molecule has 0 spiro atoms. The Hall–Kier alpha value is -1.40. The minimum absolute atomic E-state index is 0.293. The van der Waals surface area contributed by atoms with Crippen LogP contribution in [-0.2, 0) is 24.9 Å². The molecule has 6 heteroatoms. The number of ether oxygens (including phenoxy) is 1. The summed E-state index contributed by atoms with van der Waals surface area (Å²) in [4.78, 5) is 0.